The maximum Gasteiger partial charge on any atom is 0.115 e. The number of aromatic hydroxyl groups is 1. The average molecular weight is 235 g/mol. The second-order valence-corrected chi connectivity index (χ2v) is 5.07. The summed E-state index contributed by atoms with van der Waals surface area (Å²) in [4.78, 5) is 0. The standard InChI is InChI=1S/C14H21NO2/c15-13(14(17)11-3-1-2-4-11)9-10-5-7-12(16)8-6-10/h5-8,11,13-14,16-17H,1-4,9,15H2. The third kappa shape index (κ3) is 3.20. The van der Waals surface area contributed by atoms with E-state index in [1.54, 1.807) is 12.1 Å². The van der Waals surface area contributed by atoms with E-state index in [0.717, 1.165) is 18.4 Å². The molecule has 0 aromatic heterocycles. The Morgan fingerprint density at radius 2 is 1.76 bits per heavy atom. The van der Waals surface area contributed by atoms with Crippen molar-refractivity contribution in [1.29, 1.82) is 0 Å². The number of aliphatic hydroxyl groups excluding tert-OH is 1. The highest BCUT2D eigenvalue weighted by Gasteiger charge is 2.27. The van der Waals surface area contributed by atoms with Gasteiger partial charge in [-0.05, 0) is 42.9 Å². The van der Waals surface area contributed by atoms with Crippen LogP contribution in [0.4, 0.5) is 0 Å². The number of rotatable bonds is 4. The summed E-state index contributed by atoms with van der Waals surface area (Å²) in [7, 11) is 0. The summed E-state index contributed by atoms with van der Waals surface area (Å²) in [6.07, 6.45) is 4.90. The zero-order valence-electron chi connectivity index (χ0n) is 10.0. The Balaban J connectivity index is 1.91. The summed E-state index contributed by atoms with van der Waals surface area (Å²) in [6.45, 7) is 0. The van der Waals surface area contributed by atoms with Crippen LogP contribution >= 0.6 is 0 Å². The van der Waals surface area contributed by atoms with Gasteiger partial charge in [-0.25, -0.2) is 0 Å². The fourth-order valence-corrected chi connectivity index (χ4v) is 2.67. The minimum Gasteiger partial charge on any atom is -0.508 e. The molecule has 0 saturated heterocycles. The van der Waals surface area contributed by atoms with Crippen LogP contribution < -0.4 is 5.73 Å². The molecule has 94 valence electrons. The van der Waals surface area contributed by atoms with Crippen LogP contribution in [0.1, 0.15) is 31.2 Å². The van der Waals surface area contributed by atoms with Gasteiger partial charge >= 0.3 is 0 Å². The average Bonchev–Trinajstić information content (AvgIpc) is 2.84. The third-order valence-electron chi connectivity index (χ3n) is 3.73. The van der Waals surface area contributed by atoms with Crippen molar-refractivity contribution in [3.05, 3.63) is 29.8 Å². The van der Waals surface area contributed by atoms with Gasteiger partial charge in [0.15, 0.2) is 0 Å². The zero-order valence-corrected chi connectivity index (χ0v) is 10.0. The number of phenolic OH excluding ortho intramolecular Hbond substituents is 1. The molecule has 0 bridgehead atoms. The summed E-state index contributed by atoms with van der Waals surface area (Å²) in [6, 6.07) is 6.82. The largest absolute Gasteiger partial charge is 0.508 e. The fraction of sp³-hybridized carbons (Fsp3) is 0.571. The van der Waals surface area contributed by atoms with Gasteiger partial charge in [-0.2, -0.15) is 0 Å². The van der Waals surface area contributed by atoms with Crippen LogP contribution in [0.5, 0.6) is 5.75 Å². The van der Waals surface area contributed by atoms with Gasteiger partial charge in [0.2, 0.25) is 0 Å². The first kappa shape index (κ1) is 12.4. The van der Waals surface area contributed by atoms with Crippen molar-refractivity contribution >= 4 is 0 Å². The SMILES string of the molecule is NC(Cc1ccc(O)cc1)C(O)C1CCCC1. The predicted molar refractivity (Wildman–Crippen MR) is 67.8 cm³/mol. The van der Waals surface area contributed by atoms with Gasteiger partial charge in [0.1, 0.15) is 5.75 Å². The molecule has 2 rings (SSSR count). The van der Waals surface area contributed by atoms with Crippen molar-refractivity contribution in [3.8, 4) is 5.75 Å². The van der Waals surface area contributed by atoms with E-state index < -0.39 is 6.10 Å². The lowest BCUT2D eigenvalue weighted by molar-refractivity contribution is 0.0845. The van der Waals surface area contributed by atoms with E-state index in [1.807, 2.05) is 12.1 Å². The maximum atomic E-state index is 10.2. The minimum absolute atomic E-state index is 0.206. The van der Waals surface area contributed by atoms with Crippen LogP contribution in [-0.4, -0.2) is 22.4 Å². The number of benzene rings is 1. The molecule has 0 heterocycles. The van der Waals surface area contributed by atoms with Crippen LogP contribution in [0.3, 0.4) is 0 Å². The van der Waals surface area contributed by atoms with Crippen molar-refractivity contribution in [2.45, 2.75) is 44.2 Å². The topological polar surface area (TPSA) is 66.5 Å². The Labute approximate surface area is 102 Å². The summed E-state index contributed by atoms with van der Waals surface area (Å²) in [5.74, 6) is 0.640. The normalized spacial score (nSPS) is 20.4. The number of hydrogen-bond acceptors (Lipinski definition) is 3. The van der Waals surface area contributed by atoms with Crippen molar-refractivity contribution < 1.29 is 10.2 Å². The molecule has 0 radical (unpaired) electrons. The zero-order chi connectivity index (χ0) is 12.3. The molecule has 4 N–H and O–H groups in total. The second kappa shape index (κ2) is 5.52. The first-order valence-corrected chi connectivity index (χ1v) is 6.38. The molecule has 1 aromatic carbocycles. The molecule has 1 aromatic rings. The Kier molecular flexibility index (Phi) is 4.02. The predicted octanol–water partition coefficient (Wildman–Crippen LogP) is 1.81. The van der Waals surface area contributed by atoms with Crippen LogP contribution in [0, 0.1) is 5.92 Å². The molecule has 2 unspecified atom stereocenters. The van der Waals surface area contributed by atoms with Crippen LogP contribution in [-0.2, 0) is 6.42 Å². The highest BCUT2D eigenvalue weighted by molar-refractivity contribution is 5.26. The van der Waals surface area contributed by atoms with Gasteiger partial charge in [0, 0.05) is 6.04 Å². The molecule has 1 aliphatic carbocycles. The number of aliphatic hydroxyl groups is 1. The third-order valence-corrected chi connectivity index (χ3v) is 3.73. The first-order valence-electron chi connectivity index (χ1n) is 6.38. The maximum absolute atomic E-state index is 10.2. The summed E-state index contributed by atoms with van der Waals surface area (Å²) >= 11 is 0. The Morgan fingerprint density at radius 3 is 2.35 bits per heavy atom. The number of phenols is 1. The molecule has 3 heteroatoms. The van der Waals surface area contributed by atoms with Gasteiger partial charge in [-0.3, -0.25) is 0 Å². The fourth-order valence-electron chi connectivity index (χ4n) is 2.67. The molecule has 0 spiro atoms. The quantitative estimate of drug-likeness (QED) is 0.745. The Bertz CT molecular complexity index is 344. The van der Waals surface area contributed by atoms with E-state index >= 15 is 0 Å². The molecule has 17 heavy (non-hydrogen) atoms. The van der Waals surface area contributed by atoms with E-state index in [4.69, 9.17) is 5.73 Å². The molecule has 0 amide bonds. The lowest BCUT2D eigenvalue weighted by atomic mass is 9.91. The molecule has 2 atom stereocenters. The smallest absolute Gasteiger partial charge is 0.115 e. The Morgan fingerprint density at radius 1 is 1.18 bits per heavy atom. The molecule has 0 aliphatic heterocycles. The van der Waals surface area contributed by atoms with E-state index in [1.165, 1.54) is 12.8 Å². The van der Waals surface area contributed by atoms with Crippen LogP contribution in [0.25, 0.3) is 0 Å². The number of nitrogens with two attached hydrogens (primary N) is 1. The molecule has 1 fully saturated rings. The molecular formula is C14H21NO2. The van der Waals surface area contributed by atoms with Crippen molar-refractivity contribution in [3.63, 3.8) is 0 Å². The van der Waals surface area contributed by atoms with E-state index in [9.17, 15) is 10.2 Å². The minimum atomic E-state index is -0.397. The van der Waals surface area contributed by atoms with E-state index in [2.05, 4.69) is 0 Å². The van der Waals surface area contributed by atoms with Crippen LogP contribution in [0.2, 0.25) is 0 Å². The van der Waals surface area contributed by atoms with E-state index in [-0.39, 0.29) is 11.8 Å². The first-order chi connectivity index (χ1) is 8.16. The molecular weight excluding hydrogens is 214 g/mol. The van der Waals surface area contributed by atoms with Gasteiger partial charge in [0.25, 0.3) is 0 Å². The lowest BCUT2D eigenvalue weighted by Crippen LogP contribution is -2.40. The highest BCUT2D eigenvalue weighted by atomic mass is 16.3. The molecule has 1 aliphatic rings. The van der Waals surface area contributed by atoms with Crippen molar-refractivity contribution in [2.24, 2.45) is 11.7 Å². The van der Waals surface area contributed by atoms with E-state index in [0.29, 0.717) is 12.3 Å². The molecule has 1 saturated carbocycles. The van der Waals surface area contributed by atoms with Crippen LogP contribution in [0.15, 0.2) is 24.3 Å². The monoisotopic (exact) mass is 235 g/mol. The lowest BCUT2D eigenvalue weighted by Gasteiger charge is -2.24. The van der Waals surface area contributed by atoms with Gasteiger partial charge in [0.05, 0.1) is 6.10 Å². The van der Waals surface area contributed by atoms with Gasteiger partial charge < -0.3 is 15.9 Å². The van der Waals surface area contributed by atoms with Crippen molar-refractivity contribution in [2.75, 3.05) is 0 Å². The summed E-state index contributed by atoms with van der Waals surface area (Å²) < 4.78 is 0. The molecule has 3 nitrogen and oxygen atoms in total. The second-order valence-electron chi connectivity index (χ2n) is 5.07. The summed E-state index contributed by atoms with van der Waals surface area (Å²) in [5, 5.41) is 19.4. The van der Waals surface area contributed by atoms with Crippen molar-refractivity contribution in [1.82, 2.24) is 0 Å². The Hall–Kier alpha value is -1.06. The summed E-state index contributed by atoms with van der Waals surface area (Å²) in [5.41, 5.74) is 7.12. The van der Waals surface area contributed by atoms with Gasteiger partial charge in [-0.1, -0.05) is 25.0 Å². The number of hydrogen-bond donors (Lipinski definition) is 3. The highest BCUT2D eigenvalue weighted by Crippen LogP contribution is 2.29. The van der Waals surface area contributed by atoms with Gasteiger partial charge in [-0.15, -0.1) is 0 Å².